The van der Waals surface area contributed by atoms with E-state index in [9.17, 15) is 0 Å². The van der Waals surface area contributed by atoms with Crippen molar-refractivity contribution in [3.05, 3.63) is 28.8 Å². The average molecular weight is 244 g/mol. The van der Waals surface area contributed by atoms with Gasteiger partial charge in [-0.05, 0) is 34.4 Å². The molecule has 0 heterocycles. The largest absolute Gasteiger partial charge is 0.113 e. The van der Waals surface area contributed by atoms with E-state index in [0.717, 1.165) is 5.46 Å². The maximum atomic E-state index is 6.00. The number of hydrogen-bond donors (Lipinski definition) is 0. The topological polar surface area (TPSA) is 0 Å². The molecule has 0 N–H and O–H groups in total. The van der Waals surface area contributed by atoms with E-state index >= 15 is 0 Å². The second kappa shape index (κ2) is 7.66. The van der Waals surface area contributed by atoms with Gasteiger partial charge in [-0.1, -0.05) is 73.0 Å². The highest BCUT2D eigenvalue weighted by atomic mass is 14.2. The Morgan fingerprint density at radius 2 is 1.06 bits per heavy atom. The van der Waals surface area contributed by atoms with Crippen molar-refractivity contribution in [1.82, 2.24) is 0 Å². The molecule has 1 aromatic carbocycles. The van der Waals surface area contributed by atoms with Gasteiger partial charge in [-0.25, -0.2) is 0 Å². The first-order chi connectivity index (χ1) is 8.34. The van der Waals surface area contributed by atoms with E-state index < -0.39 is 0 Å². The molecule has 0 bridgehead atoms. The molecule has 1 aromatic rings. The van der Waals surface area contributed by atoms with Crippen LogP contribution in [0, 0.1) is 0 Å². The summed E-state index contributed by atoms with van der Waals surface area (Å²) in [7, 11) is 6.00. The zero-order chi connectivity index (χ0) is 14.5. The first-order valence-electron chi connectivity index (χ1n) is 7.27. The molecular formula is C17H29B. The van der Waals surface area contributed by atoms with Gasteiger partial charge in [0.25, 0.3) is 0 Å². The van der Waals surface area contributed by atoms with Crippen LogP contribution in [0.3, 0.4) is 0 Å². The van der Waals surface area contributed by atoms with Crippen molar-refractivity contribution in [2.45, 2.75) is 73.1 Å². The van der Waals surface area contributed by atoms with Crippen molar-refractivity contribution in [2.75, 3.05) is 0 Å². The highest BCUT2D eigenvalue weighted by molar-refractivity contribution is 6.32. The van der Waals surface area contributed by atoms with Gasteiger partial charge in [-0.2, -0.15) is 0 Å². The van der Waals surface area contributed by atoms with Gasteiger partial charge in [-0.15, -0.1) is 0 Å². The molecule has 0 fully saturated rings. The van der Waals surface area contributed by atoms with E-state index in [-0.39, 0.29) is 0 Å². The Balaban J connectivity index is 0.00000137. The third-order valence-electron chi connectivity index (χ3n) is 3.09. The fraction of sp³-hybridized carbons (Fsp3) is 0.647. The molecule has 0 nitrogen and oxygen atoms in total. The van der Waals surface area contributed by atoms with Crippen LogP contribution in [0.4, 0.5) is 0 Å². The third-order valence-corrected chi connectivity index (χ3v) is 3.09. The molecule has 0 aliphatic carbocycles. The van der Waals surface area contributed by atoms with Gasteiger partial charge in [-0.3, -0.25) is 0 Å². The quantitative estimate of drug-likeness (QED) is 0.665. The average Bonchev–Trinajstić information content (AvgIpc) is 2.29. The van der Waals surface area contributed by atoms with Crippen LogP contribution in [0.1, 0.15) is 89.8 Å². The van der Waals surface area contributed by atoms with E-state index in [4.69, 9.17) is 7.85 Å². The molecule has 0 aliphatic heterocycles. The molecule has 18 heavy (non-hydrogen) atoms. The maximum absolute atomic E-state index is 6.00. The standard InChI is InChI=1S/C15H23B.C2H6/c1-9(2)13-7-12(16)8-14(10(3)4)15(13)11(5)6;1-2/h7-11H,1-6H3;1-2H3. The van der Waals surface area contributed by atoms with Gasteiger partial charge < -0.3 is 0 Å². The fourth-order valence-corrected chi connectivity index (χ4v) is 2.34. The minimum Gasteiger partial charge on any atom is -0.0961 e. The van der Waals surface area contributed by atoms with Crippen LogP contribution in [0.5, 0.6) is 0 Å². The molecule has 0 spiro atoms. The van der Waals surface area contributed by atoms with Crippen molar-refractivity contribution in [3.63, 3.8) is 0 Å². The lowest BCUT2D eigenvalue weighted by atomic mass is 9.78. The summed E-state index contributed by atoms with van der Waals surface area (Å²) in [5.74, 6) is 1.65. The summed E-state index contributed by atoms with van der Waals surface area (Å²) in [6, 6.07) is 4.29. The van der Waals surface area contributed by atoms with Crippen molar-refractivity contribution in [2.24, 2.45) is 0 Å². The minimum absolute atomic E-state index is 0.540. The number of hydrogen-bond acceptors (Lipinski definition) is 0. The maximum Gasteiger partial charge on any atom is 0.113 e. The van der Waals surface area contributed by atoms with Crippen LogP contribution in [-0.2, 0) is 0 Å². The van der Waals surface area contributed by atoms with Crippen LogP contribution >= 0.6 is 0 Å². The monoisotopic (exact) mass is 244 g/mol. The summed E-state index contributed by atoms with van der Waals surface area (Å²) >= 11 is 0. The second-order valence-electron chi connectivity index (χ2n) is 5.58. The number of rotatable bonds is 3. The summed E-state index contributed by atoms with van der Waals surface area (Å²) in [6.07, 6.45) is 0. The smallest absolute Gasteiger partial charge is 0.0961 e. The highest BCUT2D eigenvalue weighted by Gasteiger charge is 2.16. The van der Waals surface area contributed by atoms with E-state index in [0.29, 0.717) is 17.8 Å². The van der Waals surface area contributed by atoms with Crippen LogP contribution in [0.15, 0.2) is 12.1 Å². The highest BCUT2D eigenvalue weighted by Crippen LogP contribution is 2.32. The van der Waals surface area contributed by atoms with E-state index in [1.54, 1.807) is 0 Å². The molecule has 0 aromatic heterocycles. The third kappa shape index (κ3) is 4.19. The molecule has 0 amide bonds. The Hall–Kier alpha value is -0.715. The summed E-state index contributed by atoms with van der Waals surface area (Å²) in [4.78, 5) is 0. The Bertz CT molecular complexity index is 333. The molecular weight excluding hydrogens is 215 g/mol. The van der Waals surface area contributed by atoms with Gasteiger partial charge in [0.1, 0.15) is 7.85 Å². The molecule has 0 saturated heterocycles. The number of benzene rings is 1. The van der Waals surface area contributed by atoms with Crippen molar-refractivity contribution in [3.8, 4) is 0 Å². The summed E-state index contributed by atoms with van der Waals surface area (Å²) < 4.78 is 0. The Morgan fingerprint density at radius 3 is 1.28 bits per heavy atom. The van der Waals surface area contributed by atoms with Gasteiger partial charge in [0.15, 0.2) is 0 Å². The van der Waals surface area contributed by atoms with E-state index in [2.05, 4.69) is 53.7 Å². The molecule has 1 rings (SSSR count). The summed E-state index contributed by atoms with van der Waals surface area (Å²) in [5.41, 5.74) is 5.23. The van der Waals surface area contributed by atoms with E-state index in [1.807, 2.05) is 13.8 Å². The predicted molar refractivity (Wildman–Crippen MR) is 85.4 cm³/mol. The minimum atomic E-state index is 0.540. The van der Waals surface area contributed by atoms with Crippen molar-refractivity contribution in [1.29, 1.82) is 0 Å². The van der Waals surface area contributed by atoms with Gasteiger partial charge in [0.05, 0.1) is 0 Å². The Morgan fingerprint density at radius 1 is 0.722 bits per heavy atom. The lowest BCUT2D eigenvalue weighted by molar-refractivity contribution is 0.750. The van der Waals surface area contributed by atoms with Crippen molar-refractivity contribution < 1.29 is 0 Å². The predicted octanol–water partition coefficient (Wildman–Crippen LogP) is 4.88. The zero-order valence-electron chi connectivity index (χ0n) is 13.5. The fourth-order valence-electron chi connectivity index (χ4n) is 2.34. The zero-order valence-corrected chi connectivity index (χ0v) is 13.5. The summed E-state index contributed by atoms with van der Waals surface area (Å²) in [5, 5.41) is 0. The molecule has 2 radical (unpaired) electrons. The van der Waals surface area contributed by atoms with Crippen LogP contribution in [-0.4, -0.2) is 7.85 Å². The lowest BCUT2D eigenvalue weighted by Crippen LogP contribution is -2.13. The Labute approximate surface area is 116 Å². The van der Waals surface area contributed by atoms with Gasteiger partial charge in [0.2, 0.25) is 0 Å². The van der Waals surface area contributed by atoms with Gasteiger partial charge >= 0.3 is 0 Å². The van der Waals surface area contributed by atoms with Gasteiger partial charge in [0, 0.05) is 0 Å². The first-order valence-corrected chi connectivity index (χ1v) is 7.27. The molecule has 0 aliphatic rings. The SMILES string of the molecule is CC.[B]c1cc(C(C)C)c(C(C)C)c(C(C)C)c1. The molecule has 0 saturated carbocycles. The van der Waals surface area contributed by atoms with Crippen LogP contribution in [0.25, 0.3) is 0 Å². The van der Waals surface area contributed by atoms with Crippen LogP contribution in [0.2, 0.25) is 0 Å². The normalized spacial score (nSPS) is 10.8. The second-order valence-corrected chi connectivity index (χ2v) is 5.58. The molecule has 1 heteroatoms. The molecule has 0 unspecified atom stereocenters. The summed E-state index contributed by atoms with van der Waals surface area (Å²) in [6.45, 7) is 17.5. The molecule has 0 atom stereocenters. The van der Waals surface area contributed by atoms with Crippen LogP contribution < -0.4 is 5.46 Å². The van der Waals surface area contributed by atoms with E-state index in [1.165, 1.54) is 16.7 Å². The first kappa shape index (κ1) is 17.3. The van der Waals surface area contributed by atoms with Crippen molar-refractivity contribution >= 4 is 13.3 Å². The Kier molecular flexibility index (Phi) is 7.36. The lowest BCUT2D eigenvalue weighted by Gasteiger charge is -2.23. The molecule has 100 valence electrons.